The van der Waals surface area contributed by atoms with Gasteiger partial charge in [-0.3, -0.25) is 0 Å². The Balaban J connectivity index is 1.69. The molecule has 0 spiro atoms. The number of hydrogen-bond acceptors (Lipinski definition) is 4. The highest BCUT2D eigenvalue weighted by molar-refractivity contribution is 5.67. The Morgan fingerprint density at radius 2 is 2.00 bits per heavy atom. The maximum atomic E-state index is 11.6. The molecule has 0 unspecified atom stereocenters. The van der Waals surface area contributed by atoms with E-state index in [9.17, 15) is 9.90 Å². The number of ether oxygens (including phenoxy) is 2. The second-order valence-electron chi connectivity index (χ2n) is 5.11. The van der Waals surface area contributed by atoms with E-state index in [2.05, 4.69) is 5.32 Å². The number of nitrogens with one attached hydrogen (secondary N) is 1. The minimum Gasteiger partial charge on any atom is -0.508 e. The van der Waals surface area contributed by atoms with Crippen LogP contribution in [0.25, 0.3) is 6.08 Å². The van der Waals surface area contributed by atoms with Crippen LogP contribution in [-0.2, 0) is 11.3 Å². The summed E-state index contributed by atoms with van der Waals surface area (Å²) in [6.45, 7) is 0.734. The molecule has 0 atom stereocenters. The van der Waals surface area contributed by atoms with Crippen LogP contribution in [0, 0.1) is 0 Å². The van der Waals surface area contributed by atoms with Gasteiger partial charge in [-0.15, -0.1) is 0 Å². The van der Waals surface area contributed by atoms with E-state index >= 15 is 0 Å². The summed E-state index contributed by atoms with van der Waals surface area (Å²) in [5.41, 5.74) is 1.81. The summed E-state index contributed by atoms with van der Waals surface area (Å²) in [6, 6.07) is 14.4. The van der Waals surface area contributed by atoms with Crippen molar-refractivity contribution in [2.45, 2.75) is 13.0 Å². The molecule has 24 heavy (non-hydrogen) atoms. The van der Waals surface area contributed by atoms with Crippen LogP contribution in [0.1, 0.15) is 17.5 Å². The third-order valence-corrected chi connectivity index (χ3v) is 3.31. The van der Waals surface area contributed by atoms with Crippen LogP contribution in [0.3, 0.4) is 0 Å². The summed E-state index contributed by atoms with van der Waals surface area (Å²) in [5, 5.41) is 12.1. The first-order chi connectivity index (χ1) is 11.7. The quantitative estimate of drug-likeness (QED) is 0.760. The number of amides is 1. The molecule has 0 fully saturated rings. The van der Waals surface area contributed by atoms with E-state index in [1.54, 1.807) is 25.3 Å². The first-order valence-corrected chi connectivity index (χ1v) is 7.67. The van der Waals surface area contributed by atoms with Crippen LogP contribution >= 0.6 is 0 Å². The number of carbonyl (C=O) groups is 1. The Labute approximate surface area is 141 Å². The molecule has 0 aliphatic heterocycles. The van der Waals surface area contributed by atoms with Gasteiger partial charge in [-0.2, -0.15) is 0 Å². The minimum atomic E-state index is -0.436. The van der Waals surface area contributed by atoms with Crippen LogP contribution < -0.4 is 10.1 Å². The normalized spacial score (nSPS) is 10.5. The lowest BCUT2D eigenvalue weighted by Gasteiger charge is -2.06. The zero-order valence-electron chi connectivity index (χ0n) is 13.6. The van der Waals surface area contributed by atoms with Crippen molar-refractivity contribution in [1.29, 1.82) is 0 Å². The van der Waals surface area contributed by atoms with E-state index in [0.29, 0.717) is 18.7 Å². The van der Waals surface area contributed by atoms with Gasteiger partial charge in [-0.1, -0.05) is 42.5 Å². The van der Waals surface area contributed by atoms with Crippen molar-refractivity contribution in [2.24, 2.45) is 0 Å². The number of hydrogen-bond donors (Lipinski definition) is 2. The molecule has 2 aromatic carbocycles. The van der Waals surface area contributed by atoms with Gasteiger partial charge >= 0.3 is 6.09 Å². The molecule has 0 saturated carbocycles. The number of alkyl carbamates (subject to hydrolysis) is 1. The van der Waals surface area contributed by atoms with Crippen molar-refractivity contribution < 1.29 is 19.4 Å². The second kappa shape index (κ2) is 9.25. The summed E-state index contributed by atoms with van der Waals surface area (Å²) in [7, 11) is 1.55. The van der Waals surface area contributed by atoms with Crippen molar-refractivity contribution in [3.05, 3.63) is 65.7 Å². The molecule has 0 saturated heterocycles. The third kappa shape index (κ3) is 5.68. The van der Waals surface area contributed by atoms with Gasteiger partial charge in [0.25, 0.3) is 0 Å². The van der Waals surface area contributed by atoms with Crippen molar-refractivity contribution in [3.63, 3.8) is 0 Å². The zero-order valence-corrected chi connectivity index (χ0v) is 13.6. The maximum Gasteiger partial charge on any atom is 0.407 e. The summed E-state index contributed by atoms with van der Waals surface area (Å²) < 4.78 is 10.3. The molecule has 0 aliphatic carbocycles. The molecule has 5 heteroatoms. The SMILES string of the molecule is COc1cc(O)ccc1C=CCCNC(=O)OCc1ccccc1. The summed E-state index contributed by atoms with van der Waals surface area (Å²) in [4.78, 5) is 11.6. The molecular weight excluding hydrogens is 306 g/mol. The molecular formula is C19H21NO4. The van der Waals surface area contributed by atoms with E-state index in [1.165, 1.54) is 0 Å². The van der Waals surface area contributed by atoms with E-state index < -0.39 is 6.09 Å². The molecule has 2 rings (SSSR count). The molecule has 2 N–H and O–H groups in total. The van der Waals surface area contributed by atoms with Gasteiger partial charge in [0.15, 0.2) is 0 Å². The average molecular weight is 327 g/mol. The first kappa shape index (κ1) is 17.4. The molecule has 0 heterocycles. The largest absolute Gasteiger partial charge is 0.508 e. The lowest BCUT2D eigenvalue weighted by atomic mass is 10.1. The van der Waals surface area contributed by atoms with Gasteiger partial charge in [0, 0.05) is 18.2 Å². The lowest BCUT2D eigenvalue weighted by molar-refractivity contribution is 0.140. The minimum absolute atomic E-state index is 0.159. The average Bonchev–Trinajstić information content (AvgIpc) is 2.61. The Morgan fingerprint density at radius 1 is 1.21 bits per heavy atom. The van der Waals surface area contributed by atoms with Gasteiger partial charge in [-0.25, -0.2) is 4.79 Å². The first-order valence-electron chi connectivity index (χ1n) is 7.67. The Hall–Kier alpha value is -2.95. The number of carbonyl (C=O) groups excluding carboxylic acids is 1. The lowest BCUT2D eigenvalue weighted by Crippen LogP contribution is -2.24. The molecule has 0 aliphatic rings. The predicted molar refractivity (Wildman–Crippen MR) is 92.9 cm³/mol. The van der Waals surface area contributed by atoms with Crippen LogP contribution in [0.2, 0.25) is 0 Å². The summed E-state index contributed by atoms with van der Waals surface area (Å²) in [5.74, 6) is 0.758. The Bertz CT molecular complexity index is 683. The number of aromatic hydroxyl groups is 1. The molecule has 126 valence electrons. The fourth-order valence-corrected chi connectivity index (χ4v) is 2.08. The highest BCUT2D eigenvalue weighted by Crippen LogP contribution is 2.24. The molecule has 0 aromatic heterocycles. The standard InChI is InChI=1S/C19H21NO4/c1-23-18-13-17(21)11-10-16(18)9-5-6-12-20-19(22)24-14-15-7-3-2-4-8-15/h2-5,7-11,13,21H,6,12,14H2,1H3,(H,20,22). The Kier molecular flexibility index (Phi) is 6.71. The summed E-state index contributed by atoms with van der Waals surface area (Å²) in [6.07, 6.45) is 4.03. The van der Waals surface area contributed by atoms with Crippen LogP contribution in [0.4, 0.5) is 4.79 Å². The van der Waals surface area contributed by atoms with E-state index in [-0.39, 0.29) is 12.4 Å². The zero-order chi connectivity index (χ0) is 17.2. The molecule has 0 bridgehead atoms. The van der Waals surface area contributed by atoms with Crippen molar-refractivity contribution in [1.82, 2.24) is 5.32 Å². The van der Waals surface area contributed by atoms with E-state index in [0.717, 1.165) is 11.1 Å². The van der Waals surface area contributed by atoms with Crippen LogP contribution in [0.15, 0.2) is 54.6 Å². The number of rotatable bonds is 7. The van der Waals surface area contributed by atoms with E-state index in [1.807, 2.05) is 42.5 Å². The number of phenols is 1. The Morgan fingerprint density at radius 3 is 2.75 bits per heavy atom. The topological polar surface area (TPSA) is 67.8 Å². The van der Waals surface area contributed by atoms with Crippen molar-refractivity contribution in [2.75, 3.05) is 13.7 Å². The summed E-state index contributed by atoms with van der Waals surface area (Å²) >= 11 is 0. The van der Waals surface area contributed by atoms with E-state index in [4.69, 9.17) is 9.47 Å². The fourth-order valence-electron chi connectivity index (χ4n) is 2.08. The third-order valence-electron chi connectivity index (χ3n) is 3.31. The second-order valence-corrected chi connectivity index (χ2v) is 5.11. The fraction of sp³-hybridized carbons (Fsp3) is 0.211. The van der Waals surface area contributed by atoms with Crippen molar-refractivity contribution in [3.8, 4) is 11.5 Å². The molecule has 5 nitrogen and oxygen atoms in total. The number of phenolic OH excluding ortho intramolecular Hbond substituents is 1. The van der Waals surface area contributed by atoms with Gasteiger partial charge in [0.1, 0.15) is 18.1 Å². The van der Waals surface area contributed by atoms with Gasteiger partial charge in [0.2, 0.25) is 0 Å². The molecule has 2 aromatic rings. The van der Waals surface area contributed by atoms with Gasteiger partial charge in [0.05, 0.1) is 7.11 Å². The number of methoxy groups -OCH3 is 1. The van der Waals surface area contributed by atoms with Gasteiger partial charge < -0.3 is 19.9 Å². The van der Waals surface area contributed by atoms with Gasteiger partial charge in [-0.05, 0) is 24.1 Å². The molecule has 0 radical (unpaired) electrons. The monoisotopic (exact) mass is 327 g/mol. The smallest absolute Gasteiger partial charge is 0.407 e. The maximum absolute atomic E-state index is 11.6. The highest BCUT2D eigenvalue weighted by atomic mass is 16.5. The van der Waals surface area contributed by atoms with Crippen LogP contribution in [-0.4, -0.2) is 24.9 Å². The highest BCUT2D eigenvalue weighted by Gasteiger charge is 2.02. The number of benzene rings is 2. The van der Waals surface area contributed by atoms with Crippen LogP contribution in [0.5, 0.6) is 11.5 Å². The van der Waals surface area contributed by atoms with Crippen molar-refractivity contribution >= 4 is 12.2 Å². The predicted octanol–water partition coefficient (Wildman–Crippen LogP) is 3.73. The molecule has 1 amide bonds.